The normalized spacial score (nSPS) is 17.9. The van der Waals surface area contributed by atoms with Crippen LogP contribution in [0.1, 0.15) is 69.7 Å². The quantitative estimate of drug-likeness (QED) is 0.297. The van der Waals surface area contributed by atoms with E-state index in [1.165, 1.54) is 17.8 Å². The summed E-state index contributed by atoms with van der Waals surface area (Å²) in [7, 11) is 0. The molecule has 2 atom stereocenters. The molecule has 218 valence electrons. The number of hydrogen-bond acceptors (Lipinski definition) is 6. The highest BCUT2D eigenvalue weighted by molar-refractivity contribution is 7.18. The molecule has 1 saturated carbocycles. The van der Waals surface area contributed by atoms with Crippen molar-refractivity contribution in [2.75, 3.05) is 26.2 Å². The van der Waals surface area contributed by atoms with E-state index in [2.05, 4.69) is 32.4 Å². The number of thiazole rings is 1. The van der Waals surface area contributed by atoms with E-state index >= 15 is 0 Å². The summed E-state index contributed by atoms with van der Waals surface area (Å²) in [4.78, 5) is 46.1. The molecule has 1 saturated heterocycles. The number of likely N-dealkylation sites (tertiary alicyclic amines) is 1. The van der Waals surface area contributed by atoms with Gasteiger partial charge in [-0.15, -0.1) is 11.3 Å². The maximum atomic E-state index is 13.7. The van der Waals surface area contributed by atoms with Crippen LogP contribution in [-0.2, 0) is 20.8 Å². The van der Waals surface area contributed by atoms with Gasteiger partial charge in [-0.1, -0.05) is 44.4 Å². The molecule has 3 N–H and O–H groups in total. The van der Waals surface area contributed by atoms with Crippen LogP contribution in [0, 0.1) is 5.92 Å². The van der Waals surface area contributed by atoms with Crippen molar-refractivity contribution >= 4 is 50.9 Å². The van der Waals surface area contributed by atoms with Crippen molar-refractivity contribution < 1.29 is 14.4 Å². The lowest BCUT2D eigenvalue weighted by atomic mass is 9.83. The second-order valence-corrected chi connectivity index (χ2v) is 12.7. The Balaban J connectivity index is 1.44. The number of amides is 3. The van der Waals surface area contributed by atoms with Crippen LogP contribution in [0.2, 0.25) is 5.02 Å². The Labute approximate surface area is 246 Å². The molecule has 2 aliphatic rings. The number of benzene rings is 1. The summed E-state index contributed by atoms with van der Waals surface area (Å²) >= 11 is 7.63. The predicted octanol–water partition coefficient (Wildman–Crippen LogP) is 4.61. The lowest BCUT2D eigenvalue weighted by molar-refractivity contribution is -0.129. The van der Waals surface area contributed by atoms with Crippen LogP contribution in [0.25, 0.3) is 10.2 Å². The van der Waals surface area contributed by atoms with Crippen molar-refractivity contribution in [2.24, 2.45) is 5.92 Å². The number of halogens is 1. The average Bonchev–Trinajstić information content (AvgIpc) is 3.60. The summed E-state index contributed by atoms with van der Waals surface area (Å²) in [5.41, 5.74) is 1.37. The zero-order valence-corrected chi connectivity index (χ0v) is 25.0. The third-order valence-corrected chi connectivity index (χ3v) is 9.14. The summed E-state index contributed by atoms with van der Waals surface area (Å²) in [6.07, 6.45) is 9.05. The molecule has 0 radical (unpaired) electrons. The van der Waals surface area contributed by atoms with Crippen molar-refractivity contribution in [3.63, 3.8) is 0 Å². The molecule has 0 spiro atoms. The second kappa shape index (κ2) is 14.9. The largest absolute Gasteiger partial charge is 0.350 e. The minimum absolute atomic E-state index is 0.160. The summed E-state index contributed by atoms with van der Waals surface area (Å²) in [5.74, 6) is -0.306. The SMILES string of the molecule is C=C(CN1CCCC1)C(=O)NC[C@@H](NC(=O)[C@H](Cc1nc2ccc(Cl)cc2s1)NC(=O)CCC)C1CCCCC1. The van der Waals surface area contributed by atoms with Crippen LogP contribution >= 0.6 is 22.9 Å². The fourth-order valence-electron chi connectivity index (χ4n) is 5.68. The standard InChI is InChI=1S/C30H42ClN5O3S/c1-3-9-27(37)33-24(17-28-34-23-13-12-22(31)16-26(23)40-28)30(39)35-25(21-10-5-4-6-11-21)18-32-29(38)20(2)19-36-14-7-8-15-36/h12-13,16,21,24-25H,2-11,14-15,17-19H2,1H3,(H,32,38)(H,33,37)(H,35,39)/t24-,25+/m0/s1. The molecule has 0 unspecified atom stereocenters. The summed E-state index contributed by atoms with van der Waals surface area (Å²) in [6, 6.07) is 4.53. The minimum Gasteiger partial charge on any atom is -0.350 e. The van der Waals surface area contributed by atoms with E-state index in [4.69, 9.17) is 11.6 Å². The van der Waals surface area contributed by atoms with Crippen molar-refractivity contribution in [2.45, 2.75) is 83.2 Å². The van der Waals surface area contributed by atoms with E-state index < -0.39 is 6.04 Å². The van der Waals surface area contributed by atoms with E-state index in [1.807, 2.05) is 19.1 Å². The minimum atomic E-state index is -0.762. The van der Waals surface area contributed by atoms with Gasteiger partial charge >= 0.3 is 0 Å². The maximum absolute atomic E-state index is 13.7. The Hall–Kier alpha value is -2.49. The lowest BCUT2D eigenvalue weighted by Crippen LogP contribution is -2.55. The lowest BCUT2D eigenvalue weighted by Gasteiger charge is -2.32. The number of aromatic nitrogens is 1. The highest BCUT2D eigenvalue weighted by Crippen LogP contribution is 2.28. The van der Waals surface area contributed by atoms with Gasteiger partial charge in [-0.3, -0.25) is 19.3 Å². The number of carbonyl (C=O) groups is 3. The first-order chi connectivity index (χ1) is 19.3. The Morgan fingerprint density at radius 1 is 1.12 bits per heavy atom. The van der Waals surface area contributed by atoms with Crippen molar-refractivity contribution in [3.8, 4) is 0 Å². The number of nitrogens with zero attached hydrogens (tertiary/aromatic N) is 2. The van der Waals surface area contributed by atoms with E-state index in [-0.39, 0.29) is 36.1 Å². The molecular formula is C30H42ClN5O3S. The van der Waals surface area contributed by atoms with Crippen LogP contribution in [0.3, 0.4) is 0 Å². The fraction of sp³-hybridized carbons (Fsp3) is 0.600. The molecule has 1 aromatic heterocycles. The van der Waals surface area contributed by atoms with Gasteiger partial charge < -0.3 is 16.0 Å². The zero-order chi connectivity index (χ0) is 28.5. The third-order valence-electron chi connectivity index (χ3n) is 7.87. The molecule has 40 heavy (non-hydrogen) atoms. The number of hydrogen-bond donors (Lipinski definition) is 3. The van der Waals surface area contributed by atoms with E-state index in [1.54, 1.807) is 6.07 Å². The Morgan fingerprint density at radius 2 is 1.88 bits per heavy atom. The van der Waals surface area contributed by atoms with E-state index in [0.717, 1.165) is 66.8 Å². The molecule has 2 heterocycles. The van der Waals surface area contributed by atoms with Gasteiger partial charge in [0.25, 0.3) is 0 Å². The molecule has 10 heteroatoms. The molecule has 8 nitrogen and oxygen atoms in total. The molecule has 3 amide bonds. The van der Waals surface area contributed by atoms with E-state index in [0.29, 0.717) is 36.5 Å². The van der Waals surface area contributed by atoms with Gasteiger partial charge in [-0.05, 0) is 69.3 Å². The molecule has 2 aromatic rings. The molecule has 1 aromatic carbocycles. The van der Waals surface area contributed by atoms with Crippen LogP contribution in [-0.4, -0.2) is 65.9 Å². The molecule has 2 fully saturated rings. The van der Waals surface area contributed by atoms with Gasteiger partial charge in [0.2, 0.25) is 17.7 Å². The third kappa shape index (κ3) is 8.75. The van der Waals surface area contributed by atoms with Gasteiger partial charge in [-0.25, -0.2) is 4.98 Å². The maximum Gasteiger partial charge on any atom is 0.247 e. The molecule has 1 aliphatic carbocycles. The monoisotopic (exact) mass is 587 g/mol. The highest BCUT2D eigenvalue weighted by Gasteiger charge is 2.30. The fourth-order valence-corrected chi connectivity index (χ4v) is 6.97. The van der Waals surface area contributed by atoms with Gasteiger partial charge in [0.15, 0.2) is 0 Å². The van der Waals surface area contributed by atoms with Crippen molar-refractivity contribution in [3.05, 3.63) is 40.4 Å². The first-order valence-corrected chi connectivity index (χ1v) is 15.8. The number of fused-ring (bicyclic) bond motifs is 1. The molecular weight excluding hydrogens is 546 g/mol. The zero-order valence-electron chi connectivity index (χ0n) is 23.5. The first kappa shape index (κ1) is 30.5. The summed E-state index contributed by atoms with van der Waals surface area (Å²) in [6.45, 7) is 8.86. The smallest absolute Gasteiger partial charge is 0.247 e. The summed E-state index contributed by atoms with van der Waals surface area (Å²) in [5, 5.41) is 10.6. The molecule has 0 bridgehead atoms. The van der Waals surface area contributed by atoms with Crippen LogP contribution in [0.4, 0.5) is 0 Å². The average molecular weight is 588 g/mol. The van der Waals surface area contributed by atoms with Crippen LogP contribution in [0.5, 0.6) is 0 Å². The Kier molecular flexibility index (Phi) is 11.4. The van der Waals surface area contributed by atoms with Crippen LogP contribution < -0.4 is 16.0 Å². The summed E-state index contributed by atoms with van der Waals surface area (Å²) < 4.78 is 0.943. The number of carbonyl (C=O) groups excluding carboxylic acids is 3. The van der Waals surface area contributed by atoms with Crippen molar-refractivity contribution in [1.82, 2.24) is 25.8 Å². The van der Waals surface area contributed by atoms with E-state index in [9.17, 15) is 14.4 Å². The highest BCUT2D eigenvalue weighted by atomic mass is 35.5. The Bertz CT molecular complexity index is 1190. The second-order valence-electron chi connectivity index (χ2n) is 11.1. The number of nitrogens with one attached hydrogen (secondary N) is 3. The van der Waals surface area contributed by atoms with Crippen molar-refractivity contribution in [1.29, 1.82) is 0 Å². The van der Waals surface area contributed by atoms with Gasteiger partial charge in [0, 0.05) is 42.6 Å². The number of rotatable bonds is 13. The Morgan fingerprint density at radius 3 is 2.60 bits per heavy atom. The van der Waals surface area contributed by atoms with Gasteiger partial charge in [0.05, 0.1) is 15.2 Å². The topological polar surface area (TPSA) is 103 Å². The first-order valence-electron chi connectivity index (χ1n) is 14.7. The van der Waals surface area contributed by atoms with Crippen LogP contribution in [0.15, 0.2) is 30.4 Å². The van der Waals surface area contributed by atoms with Gasteiger partial charge in [0.1, 0.15) is 6.04 Å². The molecule has 4 rings (SSSR count). The predicted molar refractivity (Wildman–Crippen MR) is 162 cm³/mol. The molecule has 1 aliphatic heterocycles. The van der Waals surface area contributed by atoms with Gasteiger partial charge in [-0.2, -0.15) is 0 Å².